The fourth-order valence-electron chi connectivity index (χ4n) is 3.77. The van der Waals surface area contributed by atoms with Crippen LogP contribution < -0.4 is 4.90 Å². The Morgan fingerprint density at radius 3 is 2.39 bits per heavy atom. The molecule has 2 heterocycles. The van der Waals surface area contributed by atoms with Gasteiger partial charge >= 0.3 is 0 Å². The minimum absolute atomic E-state index is 0.135. The molecular formula is C25H19F2N5O. The van der Waals surface area contributed by atoms with Crippen molar-refractivity contribution in [1.82, 2.24) is 19.7 Å². The Labute approximate surface area is 188 Å². The molecule has 1 fully saturated rings. The molecular weight excluding hydrogens is 424 g/mol. The lowest BCUT2D eigenvalue weighted by Gasteiger charge is -2.24. The number of benzene rings is 2. The zero-order chi connectivity index (χ0) is 23.0. The van der Waals surface area contributed by atoms with Crippen LogP contribution in [0.1, 0.15) is 30.9 Å². The van der Waals surface area contributed by atoms with Gasteiger partial charge in [0.2, 0.25) is 12.4 Å². The second-order valence-electron chi connectivity index (χ2n) is 8.13. The monoisotopic (exact) mass is 443 g/mol. The summed E-state index contributed by atoms with van der Waals surface area (Å²) in [5.74, 6) is 3.97. The molecule has 0 spiro atoms. The van der Waals surface area contributed by atoms with Crippen LogP contribution in [0.15, 0.2) is 60.9 Å². The van der Waals surface area contributed by atoms with Crippen LogP contribution in [0.3, 0.4) is 0 Å². The van der Waals surface area contributed by atoms with Gasteiger partial charge in [-0.1, -0.05) is 30.0 Å². The normalized spacial score (nSPS) is 13.8. The van der Waals surface area contributed by atoms with Crippen LogP contribution >= 0.6 is 0 Å². The first kappa shape index (κ1) is 20.6. The van der Waals surface area contributed by atoms with Gasteiger partial charge in [0.1, 0.15) is 5.69 Å². The Morgan fingerprint density at radius 1 is 1.09 bits per heavy atom. The summed E-state index contributed by atoms with van der Waals surface area (Å²) in [6.07, 6.45) is 5.25. The summed E-state index contributed by atoms with van der Waals surface area (Å²) < 4.78 is 32.1. The predicted molar refractivity (Wildman–Crippen MR) is 120 cm³/mol. The van der Waals surface area contributed by atoms with Crippen molar-refractivity contribution < 1.29 is 13.6 Å². The minimum Gasteiger partial charge on any atom is -0.302 e. The Hall–Kier alpha value is -4.25. The molecule has 8 heteroatoms. The summed E-state index contributed by atoms with van der Waals surface area (Å²) in [5, 5.41) is 6.85. The number of aromatic nitrogens is 4. The number of carbonyl (C=O) groups is 1. The van der Waals surface area contributed by atoms with Gasteiger partial charge in [-0.3, -0.25) is 9.89 Å². The first-order valence-corrected chi connectivity index (χ1v) is 10.4. The second kappa shape index (κ2) is 8.02. The number of aromatic amines is 1. The van der Waals surface area contributed by atoms with Crippen LogP contribution in [0.4, 0.5) is 20.4 Å². The summed E-state index contributed by atoms with van der Waals surface area (Å²) in [5.41, 5.74) is 1.45. The van der Waals surface area contributed by atoms with Gasteiger partial charge in [0, 0.05) is 22.9 Å². The van der Waals surface area contributed by atoms with E-state index in [2.05, 4.69) is 27.0 Å². The van der Waals surface area contributed by atoms with E-state index in [4.69, 9.17) is 0 Å². The van der Waals surface area contributed by atoms with E-state index in [9.17, 15) is 4.79 Å². The molecule has 0 unspecified atom stereocenters. The minimum atomic E-state index is -0.905. The third-order valence-corrected chi connectivity index (χ3v) is 5.74. The fourth-order valence-corrected chi connectivity index (χ4v) is 3.77. The van der Waals surface area contributed by atoms with Crippen LogP contribution in [-0.4, -0.2) is 26.2 Å². The fraction of sp³-hybridized carbons (Fsp3) is 0.160. The van der Waals surface area contributed by atoms with Crippen molar-refractivity contribution >= 4 is 18.0 Å². The molecule has 0 radical (unpaired) electrons. The van der Waals surface area contributed by atoms with E-state index < -0.39 is 17.3 Å². The number of hydrogen-bond donors (Lipinski definition) is 1. The SMILES string of the molecule is CC1(n2c(-c3ccn[nH]3)cnc2N(C=O)c2c(F)cc(C#Cc3ccccc3)cc2F)CC1. The molecule has 1 N–H and O–H groups in total. The Morgan fingerprint density at radius 2 is 1.79 bits per heavy atom. The Bertz CT molecular complexity index is 1360. The lowest BCUT2D eigenvalue weighted by Crippen LogP contribution is -2.25. The number of rotatable bonds is 5. The van der Waals surface area contributed by atoms with Crippen LogP contribution in [-0.2, 0) is 10.3 Å². The van der Waals surface area contributed by atoms with Crippen molar-refractivity contribution in [3.05, 3.63) is 83.7 Å². The van der Waals surface area contributed by atoms with Crippen molar-refractivity contribution in [3.63, 3.8) is 0 Å². The number of halogens is 2. The summed E-state index contributed by atoms with van der Waals surface area (Å²) in [6.45, 7) is 2.01. The molecule has 6 nitrogen and oxygen atoms in total. The summed E-state index contributed by atoms with van der Waals surface area (Å²) >= 11 is 0. The molecule has 0 saturated heterocycles. The average molecular weight is 443 g/mol. The maximum atomic E-state index is 15.1. The van der Waals surface area contributed by atoms with Gasteiger partial charge < -0.3 is 4.57 Å². The standard InChI is InChI=1S/C25H19F2N5O/c1-25(10-11-25)32-22(21-9-12-29-30-21)15-28-24(32)31(16-33)23-19(26)13-18(14-20(23)27)8-7-17-5-3-2-4-6-17/h2-6,9,12-16H,10-11H2,1H3,(H,29,30). The van der Waals surface area contributed by atoms with Crippen molar-refractivity contribution in [2.45, 2.75) is 25.3 Å². The highest BCUT2D eigenvalue weighted by molar-refractivity contribution is 5.85. The Kier molecular flexibility index (Phi) is 5.02. The number of nitrogens with zero attached hydrogens (tertiary/aromatic N) is 4. The lowest BCUT2D eigenvalue weighted by atomic mass is 10.1. The molecule has 0 aliphatic heterocycles. The number of anilines is 2. The van der Waals surface area contributed by atoms with E-state index in [1.807, 2.05) is 29.7 Å². The lowest BCUT2D eigenvalue weighted by molar-refractivity contribution is -0.107. The molecule has 4 aromatic rings. The van der Waals surface area contributed by atoms with Crippen molar-refractivity contribution in [3.8, 4) is 23.2 Å². The van der Waals surface area contributed by atoms with Gasteiger partial charge in [0.25, 0.3) is 0 Å². The summed E-state index contributed by atoms with van der Waals surface area (Å²) in [6, 6.07) is 13.1. The molecule has 5 rings (SSSR count). The van der Waals surface area contributed by atoms with E-state index in [0.29, 0.717) is 17.8 Å². The highest BCUT2D eigenvalue weighted by Crippen LogP contribution is 2.48. The first-order chi connectivity index (χ1) is 16.0. The first-order valence-electron chi connectivity index (χ1n) is 10.4. The molecule has 1 amide bonds. The van der Waals surface area contributed by atoms with Gasteiger partial charge in [-0.15, -0.1) is 0 Å². The zero-order valence-corrected chi connectivity index (χ0v) is 17.7. The van der Waals surface area contributed by atoms with E-state index >= 15 is 8.78 Å². The number of amides is 1. The van der Waals surface area contributed by atoms with E-state index in [1.54, 1.807) is 30.6 Å². The Balaban J connectivity index is 1.57. The highest BCUT2D eigenvalue weighted by Gasteiger charge is 2.44. The van der Waals surface area contributed by atoms with E-state index in [0.717, 1.165) is 35.4 Å². The number of imidazole rings is 1. The third-order valence-electron chi connectivity index (χ3n) is 5.74. The van der Waals surface area contributed by atoms with Crippen LogP contribution in [0, 0.1) is 23.5 Å². The molecule has 0 bridgehead atoms. The maximum absolute atomic E-state index is 15.1. The van der Waals surface area contributed by atoms with Crippen LogP contribution in [0.5, 0.6) is 0 Å². The van der Waals surface area contributed by atoms with Gasteiger partial charge in [-0.05, 0) is 50.1 Å². The van der Waals surface area contributed by atoms with Gasteiger partial charge in [0.15, 0.2) is 11.6 Å². The smallest absolute Gasteiger partial charge is 0.221 e. The van der Waals surface area contributed by atoms with E-state index in [1.165, 1.54) is 0 Å². The van der Waals surface area contributed by atoms with Crippen molar-refractivity contribution in [2.24, 2.45) is 0 Å². The van der Waals surface area contributed by atoms with Crippen molar-refractivity contribution in [2.75, 3.05) is 4.90 Å². The molecule has 0 atom stereocenters. The largest absolute Gasteiger partial charge is 0.302 e. The number of hydrogen-bond acceptors (Lipinski definition) is 3. The molecule has 1 aliphatic carbocycles. The van der Waals surface area contributed by atoms with Crippen LogP contribution in [0.2, 0.25) is 0 Å². The molecule has 2 aromatic heterocycles. The molecule has 2 aromatic carbocycles. The maximum Gasteiger partial charge on any atom is 0.221 e. The zero-order valence-electron chi connectivity index (χ0n) is 17.7. The van der Waals surface area contributed by atoms with Crippen LogP contribution in [0.25, 0.3) is 11.4 Å². The summed E-state index contributed by atoms with van der Waals surface area (Å²) in [4.78, 5) is 17.4. The van der Waals surface area contributed by atoms with E-state index in [-0.39, 0.29) is 17.1 Å². The second-order valence-corrected chi connectivity index (χ2v) is 8.13. The highest BCUT2D eigenvalue weighted by atomic mass is 19.1. The molecule has 164 valence electrons. The summed E-state index contributed by atoms with van der Waals surface area (Å²) in [7, 11) is 0. The van der Waals surface area contributed by atoms with Gasteiger partial charge in [-0.2, -0.15) is 5.10 Å². The topological polar surface area (TPSA) is 66.8 Å². The molecule has 1 aliphatic rings. The number of nitrogens with one attached hydrogen (secondary N) is 1. The quantitative estimate of drug-likeness (QED) is 0.357. The van der Waals surface area contributed by atoms with Gasteiger partial charge in [-0.25, -0.2) is 18.7 Å². The average Bonchev–Trinajstić information content (AvgIpc) is 3.21. The molecule has 1 saturated carbocycles. The third kappa shape index (κ3) is 3.78. The number of H-pyrrole nitrogens is 1. The number of carbonyl (C=O) groups excluding carboxylic acids is 1. The van der Waals surface area contributed by atoms with Gasteiger partial charge in [0.05, 0.1) is 17.6 Å². The molecule has 33 heavy (non-hydrogen) atoms. The van der Waals surface area contributed by atoms with Crippen molar-refractivity contribution in [1.29, 1.82) is 0 Å². The predicted octanol–water partition coefficient (Wildman–Crippen LogP) is 4.75.